The highest BCUT2D eigenvalue weighted by atomic mass is 79.9. The Morgan fingerprint density at radius 1 is 1.05 bits per heavy atom. The average Bonchev–Trinajstić information content (AvgIpc) is 3.12. The molecule has 5 rings (SSSR count). The zero-order valence-corrected chi connectivity index (χ0v) is 13.4. The lowest BCUT2D eigenvalue weighted by Gasteiger charge is -2.44. The van der Waals surface area contributed by atoms with Gasteiger partial charge in [-0.1, -0.05) is 40.2 Å². The highest BCUT2D eigenvalue weighted by Gasteiger charge is 2.75. The van der Waals surface area contributed by atoms with Crippen molar-refractivity contribution < 1.29 is 0 Å². The normalized spacial score (nSPS) is 47.1. The van der Waals surface area contributed by atoms with E-state index in [1.165, 1.54) is 10.0 Å². The Morgan fingerprint density at radius 2 is 1.90 bits per heavy atom. The molecular formula is C19H21Br. The summed E-state index contributed by atoms with van der Waals surface area (Å²) in [6.45, 7) is 0. The predicted octanol–water partition coefficient (Wildman–Crippen LogP) is 5.23. The first-order valence-electron chi connectivity index (χ1n) is 8.17. The van der Waals surface area contributed by atoms with Crippen molar-refractivity contribution >= 4 is 15.9 Å². The molecule has 4 fully saturated rings. The van der Waals surface area contributed by atoms with Crippen molar-refractivity contribution in [3.63, 3.8) is 0 Å². The molecule has 1 aromatic carbocycles. The fourth-order valence-corrected chi connectivity index (χ4v) is 6.29. The van der Waals surface area contributed by atoms with Gasteiger partial charge in [-0.25, -0.2) is 0 Å². The third kappa shape index (κ3) is 1.53. The minimum absolute atomic E-state index is 0.865. The van der Waals surface area contributed by atoms with E-state index in [1.807, 2.05) is 0 Å². The van der Waals surface area contributed by atoms with Crippen LogP contribution in [0.25, 0.3) is 0 Å². The van der Waals surface area contributed by atoms with Crippen LogP contribution in [0.15, 0.2) is 40.9 Å². The molecule has 0 amide bonds. The van der Waals surface area contributed by atoms with Crippen molar-refractivity contribution in [2.24, 2.45) is 35.0 Å². The Labute approximate surface area is 129 Å². The van der Waals surface area contributed by atoms with E-state index in [-0.39, 0.29) is 0 Å². The Bertz CT molecular complexity index is 570. The van der Waals surface area contributed by atoms with Gasteiger partial charge in [0.05, 0.1) is 0 Å². The Kier molecular flexibility index (Phi) is 2.41. The standard InChI is InChI=1S/C19H21Br/c20-15-6-4-12(5-7-15)2-1-3-16-13-8-14-10-19(11-18(16)19)17(14)9-13/h1,3-7,13-14,16-18H,2,8-11H2/b3-1+. The van der Waals surface area contributed by atoms with Crippen LogP contribution in [0.1, 0.15) is 31.2 Å². The average molecular weight is 329 g/mol. The fraction of sp³-hybridized carbons (Fsp3) is 0.579. The van der Waals surface area contributed by atoms with Gasteiger partial charge in [-0.05, 0) is 84.8 Å². The number of allylic oxidation sites excluding steroid dienone is 2. The Hall–Kier alpha value is -0.560. The van der Waals surface area contributed by atoms with Crippen molar-refractivity contribution in [1.29, 1.82) is 0 Å². The van der Waals surface area contributed by atoms with Crippen LogP contribution in [0.3, 0.4) is 0 Å². The molecule has 6 atom stereocenters. The second-order valence-corrected chi connectivity index (χ2v) is 8.60. The lowest BCUT2D eigenvalue weighted by atomic mass is 9.60. The summed E-state index contributed by atoms with van der Waals surface area (Å²) in [4.78, 5) is 0. The highest BCUT2D eigenvalue weighted by molar-refractivity contribution is 9.10. The smallest absolute Gasteiger partial charge is 0.0175 e. The maximum Gasteiger partial charge on any atom is 0.0175 e. The maximum absolute atomic E-state index is 3.50. The summed E-state index contributed by atoms with van der Waals surface area (Å²) in [5, 5.41) is 0. The van der Waals surface area contributed by atoms with E-state index in [2.05, 4.69) is 52.3 Å². The first-order chi connectivity index (χ1) is 9.76. The van der Waals surface area contributed by atoms with E-state index >= 15 is 0 Å². The largest absolute Gasteiger partial charge is 0.0845 e. The van der Waals surface area contributed by atoms with Gasteiger partial charge in [0.15, 0.2) is 0 Å². The van der Waals surface area contributed by atoms with Crippen molar-refractivity contribution in [2.45, 2.75) is 32.1 Å². The Balaban J connectivity index is 1.30. The molecule has 4 saturated carbocycles. The summed E-state index contributed by atoms with van der Waals surface area (Å²) in [7, 11) is 0. The van der Waals surface area contributed by atoms with Crippen LogP contribution in [0.4, 0.5) is 0 Å². The van der Waals surface area contributed by atoms with Crippen LogP contribution >= 0.6 is 15.9 Å². The van der Waals surface area contributed by atoms with Crippen LogP contribution in [0.2, 0.25) is 0 Å². The van der Waals surface area contributed by atoms with Gasteiger partial charge in [0.1, 0.15) is 0 Å². The number of halogens is 1. The van der Waals surface area contributed by atoms with Crippen molar-refractivity contribution in [3.8, 4) is 0 Å². The van der Waals surface area contributed by atoms with E-state index < -0.39 is 0 Å². The third-order valence-corrected chi connectivity index (χ3v) is 7.45. The van der Waals surface area contributed by atoms with Crippen molar-refractivity contribution in [2.75, 3.05) is 0 Å². The van der Waals surface area contributed by atoms with Crippen molar-refractivity contribution in [1.82, 2.24) is 0 Å². The minimum Gasteiger partial charge on any atom is -0.0845 e. The first-order valence-corrected chi connectivity index (χ1v) is 8.97. The molecule has 2 bridgehead atoms. The van der Waals surface area contributed by atoms with Gasteiger partial charge in [0.2, 0.25) is 0 Å². The quantitative estimate of drug-likeness (QED) is 0.666. The molecular weight excluding hydrogens is 308 g/mol. The number of rotatable bonds is 3. The van der Waals surface area contributed by atoms with Crippen LogP contribution in [0, 0.1) is 35.0 Å². The molecule has 1 spiro atoms. The fourth-order valence-electron chi connectivity index (χ4n) is 6.02. The molecule has 0 nitrogen and oxygen atoms in total. The number of hydrogen-bond acceptors (Lipinski definition) is 0. The predicted molar refractivity (Wildman–Crippen MR) is 85.3 cm³/mol. The molecule has 1 heteroatoms. The van der Waals surface area contributed by atoms with Gasteiger partial charge in [-0.3, -0.25) is 0 Å². The second-order valence-electron chi connectivity index (χ2n) is 7.68. The molecule has 4 aliphatic carbocycles. The molecule has 6 unspecified atom stereocenters. The molecule has 104 valence electrons. The highest BCUT2D eigenvalue weighted by Crippen LogP contribution is 2.82. The summed E-state index contributed by atoms with van der Waals surface area (Å²) in [5.41, 5.74) is 2.30. The zero-order chi connectivity index (χ0) is 13.3. The Morgan fingerprint density at radius 3 is 2.75 bits per heavy atom. The van der Waals surface area contributed by atoms with Crippen LogP contribution in [0.5, 0.6) is 0 Å². The number of fused-ring (bicyclic) bond motifs is 1. The second kappa shape index (κ2) is 4.00. The topological polar surface area (TPSA) is 0 Å². The summed E-state index contributed by atoms with van der Waals surface area (Å²) in [5.74, 6) is 5.33. The van der Waals surface area contributed by atoms with Crippen molar-refractivity contribution in [3.05, 3.63) is 46.5 Å². The van der Waals surface area contributed by atoms with Gasteiger partial charge in [0.25, 0.3) is 0 Å². The molecule has 0 aliphatic heterocycles. The maximum atomic E-state index is 3.50. The summed E-state index contributed by atoms with van der Waals surface area (Å²) in [6.07, 6.45) is 12.4. The summed E-state index contributed by atoms with van der Waals surface area (Å²) >= 11 is 3.50. The molecule has 1 aromatic rings. The number of benzene rings is 1. The molecule has 0 saturated heterocycles. The molecule has 20 heavy (non-hydrogen) atoms. The summed E-state index contributed by atoms with van der Waals surface area (Å²) < 4.78 is 1.18. The molecule has 4 aliphatic rings. The molecule has 0 radical (unpaired) electrons. The SMILES string of the molecule is Brc1ccc(C/C=C/C2C3CC4CC5(CC25)C4C3)cc1. The van der Waals surface area contributed by atoms with E-state index in [1.54, 1.807) is 25.7 Å². The monoisotopic (exact) mass is 328 g/mol. The minimum atomic E-state index is 0.865. The third-order valence-electron chi connectivity index (χ3n) is 6.92. The van der Waals surface area contributed by atoms with Gasteiger partial charge in [0, 0.05) is 4.47 Å². The van der Waals surface area contributed by atoms with Gasteiger partial charge < -0.3 is 0 Å². The lowest BCUT2D eigenvalue weighted by Crippen LogP contribution is -2.38. The van der Waals surface area contributed by atoms with Crippen LogP contribution in [-0.4, -0.2) is 0 Å². The zero-order valence-electron chi connectivity index (χ0n) is 11.8. The van der Waals surface area contributed by atoms with Gasteiger partial charge in [-0.15, -0.1) is 0 Å². The first kappa shape index (κ1) is 12.0. The molecule has 0 heterocycles. The molecule has 0 N–H and O–H groups in total. The molecule has 0 aromatic heterocycles. The van der Waals surface area contributed by atoms with Gasteiger partial charge >= 0.3 is 0 Å². The lowest BCUT2D eigenvalue weighted by molar-refractivity contribution is 0.0458. The van der Waals surface area contributed by atoms with E-state index in [9.17, 15) is 0 Å². The number of hydrogen-bond donors (Lipinski definition) is 0. The van der Waals surface area contributed by atoms with Gasteiger partial charge in [-0.2, -0.15) is 0 Å². The van der Waals surface area contributed by atoms with E-state index in [0.29, 0.717) is 0 Å². The van der Waals surface area contributed by atoms with E-state index in [4.69, 9.17) is 0 Å². The summed E-state index contributed by atoms with van der Waals surface area (Å²) in [6, 6.07) is 8.76. The van der Waals surface area contributed by atoms with Crippen LogP contribution < -0.4 is 0 Å². The van der Waals surface area contributed by atoms with Crippen LogP contribution in [-0.2, 0) is 6.42 Å². The van der Waals surface area contributed by atoms with E-state index in [0.717, 1.165) is 41.4 Å².